The number of anilines is 2. The van der Waals surface area contributed by atoms with E-state index in [1.807, 2.05) is 0 Å². The number of aryl methyl sites for hydroxylation is 1. The molecule has 3 nitrogen and oxygen atoms in total. The number of carboxylic acid groups (broad SMARTS) is 1. The zero-order valence-electron chi connectivity index (χ0n) is 9.77. The summed E-state index contributed by atoms with van der Waals surface area (Å²) in [6.45, 7) is 1.70. The van der Waals surface area contributed by atoms with Gasteiger partial charge in [0.1, 0.15) is 5.82 Å². The Morgan fingerprint density at radius 2 is 1.72 bits per heavy atom. The van der Waals surface area contributed by atoms with Crippen LogP contribution in [0.25, 0.3) is 0 Å². The number of halogens is 1. The van der Waals surface area contributed by atoms with Gasteiger partial charge in [-0.15, -0.1) is 0 Å². The van der Waals surface area contributed by atoms with Crippen molar-refractivity contribution in [1.29, 1.82) is 0 Å². The van der Waals surface area contributed by atoms with Crippen LogP contribution in [-0.2, 0) is 0 Å². The highest BCUT2D eigenvalue weighted by Gasteiger charge is 2.03. The monoisotopic (exact) mass is 245 g/mol. The quantitative estimate of drug-likeness (QED) is 0.869. The zero-order valence-corrected chi connectivity index (χ0v) is 9.77. The highest BCUT2D eigenvalue weighted by Crippen LogP contribution is 2.19. The van der Waals surface area contributed by atoms with Crippen LogP contribution in [0.15, 0.2) is 42.5 Å². The number of rotatable bonds is 3. The van der Waals surface area contributed by atoms with E-state index in [9.17, 15) is 9.18 Å². The average Bonchev–Trinajstić information content (AvgIpc) is 2.34. The number of hydrogen-bond acceptors (Lipinski definition) is 2. The van der Waals surface area contributed by atoms with Crippen LogP contribution in [0.4, 0.5) is 15.8 Å². The molecule has 0 aliphatic heterocycles. The minimum Gasteiger partial charge on any atom is -0.478 e. The highest BCUT2D eigenvalue weighted by atomic mass is 19.1. The van der Waals surface area contributed by atoms with Gasteiger partial charge >= 0.3 is 5.97 Å². The third-order valence-corrected chi connectivity index (χ3v) is 2.59. The summed E-state index contributed by atoms with van der Waals surface area (Å²) in [5.41, 5.74) is 2.14. The maximum Gasteiger partial charge on any atom is 0.335 e. The Bertz CT molecular complexity index is 579. The van der Waals surface area contributed by atoms with Gasteiger partial charge in [0.25, 0.3) is 0 Å². The van der Waals surface area contributed by atoms with Crippen LogP contribution >= 0.6 is 0 Å². The van der Waals surface area contributed by atoms with Crippen molar-refractivity contribution >= 4 is 17.3 Å². The average molecular weight is 245 g/mol. The molecule has 0 atom stereocenters. The third kappa shape index (κ3) is 2.66. The molecule has 0 heterocycles. The molecule has 0 fully saturated rings. The van der Waals surface area contributed by atoms with Crippen LogP contribution in [0.1, 0.15) is 15.9 Å². The molecular weight excluding hydrogens is 233 g/mol. The third-order valence-electron chi connectivity index (χ3n) is 2.59. The van der Waals surface area contributed by atoms with Gasteiger partial charge in [0.15, 0.2) is 0 Å². The molecule has 0 spiro atoms. The van der Waals surface area contributed by atoms with Gasteiger partial charge < -0.3 is 10.4 Å². The molecule has 0 saturated carbocycles. The first kappa shape index (κ1) is 12.1. The predicted octanol–water partition coefficient (Wildman–Crippen LogP) is 3.58. The Morgan fingerprint density at radius 1 is 1.11 bits per heavy atom. The van der Waals surface area contributed by atoms with E-state index in [0.29, 0.717) is 16.9 Å². The van der Waals surface area contributed by atoms with Crippen molar-refractivity contribution in [3.63, 3.8) is 0 Å². The fraction of sp³-hybridized carbons (Fsp3) is 0.0714. The summed E-state index contributed by atoms with van der Waals surface area (Å²) in [6.07, 6.45) is 0. The largest absolute Gasteiger partial charge is 0.478 e. The zero-order chi connectivity index (χ0) is 13.1. The summed E-state index contributed by atoms with van der Waals surface area (Å²) in [6, 6.07) is 11.1. The number of aromatic carboxylic acids is 1. The fourth-order valence-electron chi connectivity index (χ4n) is 1.53. The molecule has 0 radical (unpaired) electrons. The SMILES string of the molecule is Cc1ccc(Nc2ccc(C(=O)O)cc2)cc1F. The van der Waals surface area contributed by atoms with E-state index in [4.69, 9.17) is 5.11 Å². The molecule has 0 aliphatic rings. The molecule has 2 aromatic rings. The molecule has 0 bridgehead atoms. The normalized spacial score (nSPS) is 10.1. The lowest BCUT2D eigenvalue weighted by Gasteiger charge is -2.07. The fourth-order valence-corrected chi connectivity index (χ4v) is 1.53. The number of hydrogen-bond donors (Lipinski definition) is 2. The molecule has 2 rings (SSSR count). The lowest BCUT2D eigenvalue weighted by molar-refractivity contribution is 0.0697. The first-order valence-electron chi connectivity index (χ1n) is 5.43. The van der Waals surface area contributed by atoms with Crippen molar-refractivity contribution in [2.75, 3.05) is 5.32 Å². The first-order valence-corrected chi connectivity index (χ1v) is 5.43. The summed E-state index contributed by atoms with van der Waals surface area (Å²) in [5, 5.41) is 11.8. The predicted molar refractivity (Wildman–Crippen MR) is 67.8 cm³/mol. The van der Waals surface area contributed by atoms with Gasteiger partial charge in [0, 0.05) is 11.4 Å². The summed E-state index contributed by atoms with van der Waals surface area (Å²) in [4.78, 5) is 10.7. The van der Waals surface area contributed by atoms with Crippen molar-refractivity contribution in [1.82, 2.24) is 0 Å². The lowest BCUT2D eigenvalue weighted by Crippen LogP contribution is -1.97. The van der Waals surface area contributed by atoms with Gasteiger partial charge in [0.2, 0.25) is 0 Å². The minimum absolute atomic E-state index is 0.218. The van der Waals surface area contributed by atoms with Crippen LogP contribution in [0.5, 0.6) is 0 Å². The highest BCUT2D eigenvalue weighted by molar-refractivity contribution is 5.88. The molecule has 0 saturated heterocycles. The summed E-state index contributed by atoms with van der Waals surface area (Å²) in [7, 11) is 0. The maximum atomic E-state index is 13.3. The second kappa shape index (κ2) is 4.87. The number of nitrogens with one attached hydrogen (secondary N) is 1. The van der Waals surface area contributed by atoms with E-state index in [1.54, 1.807) is 31.2 Å². The van der Waals surface area contributed by atoms with Crippen LogP contribution in [-0.4, -0.2) is 11.1 Å². The van der Waals surface area contributed by atoms with E-state index < -0.39 is 5.97 Å². The number of benzene rings is 2. The van der Waals surface area contributed by atoms with Crippen LogP contribution in [0.3, 0.4) is 0 Å². The van der Waals surface area contributed by atoms with Crippen LogP contribution in [0.2, 0.25) is 0 Å². The molecule has 18 heavy (non-hydrogen) atoms. The molecule has 4 heteroatoms. The van der Waals surface area contributed by atoms with Gasteiger partial charge in [-0.05, 0) is 48.9 Å². The van der Waals surface area contributed by atoms with Crippen LogP contribution in [0, 0.1) is 12.7 Å². The Balaban J connectivity index is 2.18. The van der Waals surface area contributed by atoms with Gasteiger partial charge in [-0.1, -0.05) is 6.07 Å². The molecule has 0 aliphatic carbocycles. The Hall–Kier alpha value is -2.36. The molecule has 92 valence electrons. The standard InChI is InChI=1S/C14H12FNO2/c1-9-2-5-12(8-13(9)15)16-11-6-3-10(4-7-11)14(17)18/h2-8,16H,1H3,(H,17,18). The second-order valence-corrected chi connectivity index (χ2v) is 3.97. The molecule has 2 aromatic carbocycles. The van der Waals surface area contributed by atoms with Gasteiger partial charge in [-0.3, -0.25) is 0 Å². The topological polar surface area (TPSA) is 49.3 Å². The van der Waals surface area contributed by atoms with Crippen molar-refractivity contribution in [2.45, 2.75) is 6.92 Å². The summed E-state index contributed by atoms with van der Waals surface area (Å²) < 4.78 is 13.3. The van der Waals surface area contributed by atoms with E-state index in [-0.39, 0.29) is 11.4 Å². The lowest BCUT2D eigenvalue weighted by atomic mass is 10.2. The Labute approximate surface area is 104 Å². The molecule has 0 unspecified atom stereocenters. The smallest absolute Gasteiger partial charge is 0.335 e. The second-order valence-electron chi connectivity index (χ2n) is 3.97. The Kier molecular flexibility index (Phi) is 3.28. The van der Waals surface area contributed by atoms with E-state index in [2.05, 4.69) is 5.32 Å². The van der Waals surface area contributed by atoms with Gasteiger partial charge in [-0.2, -0.15) is 0 Å². The van der Waals surface area contributed by atoms with Crippen molar-refractivity contribution in [3.8, 4) is 0 Å². The van der Waals surface area contributed by atoms with Crippen LogP contribution < -0.4 is 5.32 Å². The summed E-state index contributed by atoms with van der Waals surface area (Å²) in [5.74, 6) is -1.25. The molecular formula is C14H12FNO2. The van der Waals surface area contributed by atoms with E-state index in [0.717, 1.165) is 0 Å². The van der Waals surface area contributed by atoms with Crippen molar-refractivity contribution in [2.24, 2.45) is 0 Å². The van der Waals surface area contributed by atoms with Gasteiger partial charge in [0.05, 0.1) is 5.56 Å². The van der Waals surface area contributed by atoms with E-state index >= 15 is 0 Å². The molecule has 0 aromatic heterocycles. The van der Waals surface area contributed by atoms with Crippen molar-refractivity contribution in [3.05, 3.63) is 59.4 Å². The Morgan fingerprint density at radius 3 is 2.28 bits per heavy atom. The van der Waals surface area contributed by atoms with E-state index in [1.165, 1.54) is 18.2 Å². The molecule has 0 amide bonds. The number of carboxylic acids is 1. The van der Waals surface area contributed by atoms with Crippen molar-refractivity contribution < 1.29 is 14.3 Å². The minimum atomic E-state index is -0.970. The molecule has 2 N–H and O–H groups in total. The summed E-state index contributed by atoms with van der Waals surface area (Å²) >= 11 is 0. The van der Waals surface area contributed by atoms with Gasteiger partial charge in [-0.25, -0.2) is 9.18 Å². The maximum absolute atomic E-state index is 13.3. The first-order chi connectivity index (χ1) is 8.56. The number of carbonyl (C=O) groups is 1.